The molecule has 1 aromatic heterocycles. The molecule has 3 nitrogen and oxygen atoms in total. The number of hydrogen-bond acceptors (Lipinski definition) is 3. The fourth-order valence-corrected chi connectivity index (χ4v) is 2.00. The molecule has 0 fully saturated rings. The summed E-state index contributed by atoms with van der Waals surface area (Å²) in [5.74, 6) is 0.873. The summed E-state index contributed by atoms with van der Waals surface area (Å²) in [4.78, 5) is 8.04. The molecule has 4 heteroatoms. The molecule has 0 spiro atoms. The predicted molar refractivity (Wildman–Crippen MR) is 75.6 cm³/mol. The second-order valence-electron chi connectivity index (χ2n) is 4.35. The summed E-state index contributed by atoms with van der Waals surface area (Å²) in [7, 11) is 0. The van der Waals surface area contributed by atoms with Crippen LogP contribution in [0.2, 0.25) is 5.02 Å². The van der Waals surface area contributed by atoms with Crippen molar-refractivity contribution in [1.82, 2.24) is 9.97 Å². The Morgan fingerprint density at radius 3 is 2.50 bits per heavy atom. The minimum Gasteiger partial charge on any atom is -0.382 e. The smallest absolute Gasteiger partial charge is 0.146 e. The highest BCUT2D eigenvalue weighted by atomic mass is 35.5. The second-order valence-corrected chi connectivity index (χ2v) is 4.73. The second kappa shape index (κ2) is 5.36. The van der Waals surface area contributed by atoms with Crippen LogP contribution in [0.3, 0.4) is 0 Å². The van der Waals surface area contributed by atoms with Crippen LogP contribution < -0.4 is 5.73 Å². The van der Waals surface area contributed by atoms with Crippen molar-refractivity contribution >= 4 is 17.4 Å². The molecular weight excluding hydrogens is 246 g/mol. The van der Waals surface area contributed by atoms with E-state index in [-0.39, 0.29) is 0 Å². The van der Waals surface area contributed by atoms with Gasteiger partial charge in [-0.2, -0.15) is 0 Å². The first-order chi connectivity index (χ1) is 8.63. The monoisotopic (exact) mass is 261 g/mol. The number of aromatic nitrogens is 2. The van der Waals surface area contributed by atoms with Gasteiger partial charge in [-0.3, -0.25) is 0 Å². The molecule has 2 aromatic rings. The van der Waals surface area contributed by atoms with Crippen LogP contribution in [0, 0.1) is 0 Å². The Bertz CT molecular complexity index is 537. The van der Waals surface area contributed by atoms with Gasteiger partial charge < -0.3 is 5.73 Å². The molecule has 0 saturated carbocycles. The zero-order valence-electron chi connectivity index (χ0n) is 10.5. The molecular formula is C14H16ClN3. The molecule has 0 aliphatic carbocycles. The maximum absolute atomic E-state index is 6.11. The van der Waals surface area contributed by atoms with Crippen molar-refractivity contribution in [1.29, 1.82) is 0 Å². The maximum Gasteiger partial charge on any atom is 0.146 e. The standard InChI is InChI=1S/C14H16ClN3/c1-3-9(2)10-4-6-11(7-5-10)13-12(15)14(16)18-8-17-13/h4-9H,3H2,1-2H3,(H2,16,17,18). The Morgan fingerprint density at radius 1 is 1.22 bits per heavy atom. The molecule has 2 rings (SSSR count). The molecule has 1 heterocycles. The van der Waals surface area contributed by atoms with Crippen LogP contribution >= 0.6 is 11.6 Å². The van der Waals surface area contributed by atoms with E-state index in [0.29, 0.717) is 22.5 Å². The summed E-state index contributed by atoms with van der Waals surface area (Å²) in [6, 6.07) is 8.26. The lowest BCUT2D eigenvalue weighted by atomic mass is 9.97. The van der Waals surface area contributed by atoms with E-state index in [2.05, 4.69) is 35.9 Å². The zero-order chi connectivity index (χ0) is 13.1. The minimum absolute atomic E-state index is 0.313. The number of benzene rings is 1. The average Bonchev–Trinajstić information content (AvgIpc) is 2.41. The number of halogens is 1. The molecule has 0 aliphatic rings. The van der Waals surface area contributed by atoms with Crippen LogP contribution in [0.25, 0.3) is 11.3 Å². The van der Waals surface area contributed by atoms with Gasteiger partial charge in [-0.1, -0.05) is 49.7 Å². The highest BCUT2D eigenvalue weighted by Crippen LogP contribution is 2.29. The summed E-state index contributed by atoms with van der Waals surface area (Å²) in [5, 5.41) is 0.411. The van der Waals surface area contributed by atoms with Gasteiger partial charge in [-0.15, -0.1) is 0 Å². The third kappa shape index (κ3) is 2.46. The molecule has 18 heavy (non-hydrogen) atoms. The molecule has 2 N–H and O–H groups in total. The Labute approximate surface area is 112 Å². The summed E-state index contributed by atoms with van der Waals surface area (Å²) in [6.07, 6.45) is 2.56. The number of rotatable bonds is 3. The van der Waals surface area contributed by atoms with Crippen molar-refractivity contribution in [2.75, 3.05) is 5.73 Å². The van der Waals surface area contributed by atoms with Gasteiger partial charge in [0.2, 0.25) is 0 Å². The molecule has 94 valence electrons. The number of nitrogens with two attached hydrogens (primary N) is 1. The van der Waals surface area contributed by atoms with Crippen molar-refractivity contribution in [3.05, 3.63) is 41.2 Å². The molecule has 0 saturated heterocycles. The summed E-state index contributed by atoms with van der Waals surface area (Å²) in [5.41, 5.74) is 8.63. The van der Waals surface area contributed by atoms with Gasteiger partial charge in [-0.25, -0.2) is 9.97 Å². The van der Waals surface area contributed by atoms with Gasteiger partial charge in [0, 0.05) is 5.56 Å². The first-order valence-corrected chi connectivity index (χ1v) is 6.37. The molecule has 1 aromatic carbocycles. The molecule has 1 atom stereocenters. The number of nitrogen functional groups attached to an aromatic ring is 1. The van der Waals surface area contributed by atoms with E-state index in [4.69, 9.17) is 17.3 Å². The maximum atomic E-state index is 6.11. The zero-order valence-corrected chi connectivity index (χ0v) is 11.3. The van der Waals surface area contributed by atoms with E-state index < -0.39 is 0 Å². The minimum atomic E-state index is 0.313. The number of nitrogens with zero attached hydrogens (tertiary/aromatic N) is 2. The highest BCUT2D eigenvalue weighted by molar-refractivity contribution is 6.35. The lowest BCUT2D eigenvalue weighted by Gasteiger charge is -2.10. The van der Waals surface area contributed by atoms with Crippen molar-refractivity contribution in [3.63, 3.8) is 0 Å². The van der Waals surface area contributed by atoms with E-state index in [9.17, 15) is 0 Å². The van der Waals surface area contributed by atoms with Crippen LogP contribution in [0.4, 0.5) is 5.82 Å². The van der Waals surface area contributed by atoms with E-state index in [1.54, 1.807) is 0 Å². The van der Waals surface area contributed by atoms with Crippen molar-refractivity contribution < 1.29 is 0 Å². The molecule has 0 aliphatic heterocycles. The fourth-order valence-electron chi connectivity index (χ4n) is 1.79. The Morgan fingerprint density at radius 2 is 1.89 bits per heavy atom. The normalized spacial score (nSPS) is 12.4. The van der Waals surface area contributed by atoms with Gasteiger partial charge >= 0.3 is 0 Å². The lowest BCUT2D eigenvalue weighted by molar-refractivity contribution is 0.734. The van der Waals surface area contributed by atoms with Gasteiger partial charge in [0.05, 0.1) is 5.69 Å². The largest absolute Gasteiger partial charge is 0.382 e. The van der Waals surface area contributed by atoms with Crippen LogP contribution in [-0.4, -0.2) is 9.97 Å². The van der Waals surface area contributed by atoms with E-state index in [1.807, 2.05) is 12.1 Å². The van der Waals surface area contributed by atoms with Crippen molar-refractivity contribution in [2.45, 2.75) is 26.2 Å². The van der Waals surface area contributed by atoms with Gasteiger partial charge in [0.1, 0.15) is 17.2 Å². The highest BCUT2D eigenvalue weighted by Gasteiger charge is 2.09. The predicted octanol–water partition coefficient (Wildman–Crippen LogP) is 3.89. The molecule has 0 amide bonds. The van der Waals surface area contributed by atoms with Crippen LogP contribution in [0.1, 0.15) is 31.7 Å². The van der Waals surface area contributed by atoms with Crippen molar-refractivity contribution in [3.8, 4) is 11.3 Å². The lowest BCUT2D eigenvalue weighted by Crippen LogP contribution is -1.96. The topological polar surface area (TPSA) is 51.8 Å². The number of hydrogen-bond donors (Lipinski definition) is 1. The van der Waals surface area contributed by atoms with Gasteiger partial charge in [-0.05, 0) is 17.9 Å². The van der Waals surface area contributed by atoms with Crippen LogP contribution in [-0.2, 0) is 0 Å². The fraction of sp³-hybridized carbons (Fsp3) is 0.286. The Balaban J connectivity index is 2.37. The van der Waals surface area contributed by atoms with E-state index in [1.165, 1.54) is 11.9 Å². The average molecular weight is 262 g/mol. The first-order valence-electron chi connectivity index (χ1n) is 5.99. The van der Waals surface area contributed by atoms with Crippen LogP contribution in [0.5, 0.6) is 0 Å². The third-order valence-corrected chi connectivity index (χ3v) is 3.55. The Hall–Kier alpha value is -1.61. The molecule has 1 unspecified atom stereocenters. The molecule has 0 bridgehead atoms. The Kier molecular flexibility index (Phi) is 3.82. The summed E-state index contributed by atoms with van der Waals surface area (Å²) < 4.78 is 0. The summed E-state index contributed by atoms with van der Waals surface area (Å²) in [6.45, 7) is 4.39. The molecule has 0 radical (unpaired) electrons. The van der Waals surface area contributed by atoms with E-state index >= 15 is 0 Å². The first kappa shape index (κ1) is 12.8. The van der Waals surface area contributed by atoms with E-state index in [0.717, 1.165) is 12.0 Å². The quantitative estimate of drug-likeness (QED) is 0.912. The van der Waals surface area contributed by atoms with Crippen LogP contribution in [0.15, 0.2) is 30.6 Å². The third-order valence-electron chi connectivity index (χ3n) is 3.18. The SMILES string of the molecule is CCC(C)c1ccc(-c2ncnc(N)c2Cl)cc1. The number of anilines is 1. The van der Waals surface area contributed by atoms with Crippen molar-refractivity contribution in [2.24, 2.45) is 0 Å². The van der Waals surface area contributed by atoms with Gasteiger partial charge in [0.25, 0.3) is 0 Å². The summed E-state index contributed by atoms with van der Waals surface area (Å²) >= 11 is 6.11. The van der Waals surface area contributed by atoms with Gasteiger partial charge in [0.15, 0.2) is 0 Å².